The quantitative estimate of drug-likeness (QED) is 0.620. The normalized spacial score (nSPS) is 15.3. The molecule has 0 fully saturated rings. The maximum atomic E-state index is 12.9. The first-order valence-electron chi connectivity index (χ1n) is 7.08. The number of alkyl halides is 3. The van der Waals surface area contributed by atoms with Crippen molar-refractivity contribution in [3.8, 4) is 11.4 Å². The highest BCUT2D eigenvalue weighted by Crippen LogP contribution is 2.42. The van der Waals surface area contributed by atoms with Crippen LogP contribution in [0, 0.1) is 0 Å². The lowest BCUT2D eigenvalue weighted by atomic mass is 10.1. The highest BCUT2D eigenvalue weighted by Gasteiger charge is 2.35. The van der Waals surface area contributed by atoms with Gasteiger partial charge in [0.05, 0.1) is 6.16 Å². The van der Waals surface area contributed by atoms with Crippen molar-refractivity contribution in [2.75, 3.05) is 6.66 Å². The summed E-state index contributed by atoms with van der Waals surface area (Å²) in [5.74, 6) is -1.02. The number of nitrogens with one attached hydrogen (secondary N) is 1. The van der Waals surface area contributed by atoms with Crippen LogP contribution < -0.4 is 5.09 Å². The van der Waals surface area contributed by atoms with Crippen molar-refractivity contribution < 1.29 is 17.9 Å². The van der Waals surface area contributed by atoms with Gasteiger partial charge in [0.25, 0.3) is 0 Å². The highest BCUT2D eigenvalue weighted by atomic mass is 35.5. The van der Waals surface area contributed by atoms with Crippen LogP contribution in [0.1, 0.15) is 32.4 Å². The Morgan fingerprint density at radius 3 is 2.46 bits per heavy atom. The minimum Gasteiger partial charge on any atom is -0.331 e. The van der Waals surface area contributed by atoms with Gasteiger partial charge in [0.15, 0.2) is 7.29 Å². The van der Waals surface area contributed by atoms with Crippen LogP contribution in [0.4, 0.5) is 8.78 Å². The molecule has 0 saturated carbocycles. The third-order valence-electron chi connectivity index (χ3n) is 2.79. The molecule has 2 rings (SSSR count). The third kappa shape index (κ3) is 5.33. The molecule has 2 heterocycles. The molecule has 0 spiro atoms. The Hall–Kier alpha value is -1.37. The van der Waals surface area contributed by atoms with Crippen molar-refractivity contribution >= 4 is 18.9 Å². The maximum absolute atomic E-state index is 12.9. The second-order valence-electron chi connectivity index (χ2n) is 6.58. The molecule has 0 saturated heterocycles. The van der Waals surface area contributed by atoms with Crippen LogP contribution in [0.15, 0.2) is 22.9 Å². The summed E-state index contributed by atoms with van der Waals surface area (Å²) in [7, 11) is -2.62. The van der Waals surface area contributed by atoms with E-state index in [-0.39, 0.29) is 17.5 Å². The van der Waals surface area contributed by atoms with Crippen molar-refractivity contribution in [2.45, 2.75) is 37.9 Å². The first kappa shape index (κ1) is 19.0. The van der Waals surface area contributed by atoms with E-state index in [0.29, 0.717) is 11.3 Å². The molecule has 1 unspecified atom stereocenters. The summed E-state index contributed by atoms with van der Waals surface area (Å²) in [6, 6.07) is 3.24. The molecule has 0 aliphatic heterocycles. The molecule has 24 heavy (non-hydrogen) atoms. The molecule has 1 N–H and O–H groups in total. The van der Waals surface area contributed by atoms with Gasteiger partial charge in [-0.25, -0.2) is 0 Å². The van der Waals surface area contributed by atoms with Gasteiger partial charge in [-0.15, -0.1) is 0 Å². The Labute approximate surface area is 143 Å². The van der Waals surface area contributed by atoms with Gasteiger partial charge in [-0.1, -0.05) is 5.16 Å². The average molecular weight is 379 g/mol. The van der Waals surface area contributed by atoms with Gasteiger partial charge in [0.2, 0.25) is 5.82 Å². The summed E-state index contributed by atoms with van der Waals surface area (Å²) in [5.41, 5.74) is 0.718. The molecule has 0 aliphatic rings. The molecule has 0 amide bonds. The SMILES string of the molecule is CC(C)(C)NP(C)(=O)Cc1ccc(-c2noc(C(F)(F)Cl)n2)cn1. The van der Waals surface area contributed by atoms with Gasteiger partial charge in [0, 0.05) is 29.7 Å². The second-order valence-corrected chi connectivity index (χ2v) is 9.80. The Balaban J connectivity index is 2.14. The van der Waals surface area contributed by atoms with Crippen LogP contribution in [-0.2, 0) is 16.1 Å². The van der Waals surface area contributed by atoms with Gasteiger partial charge in [-0.3, -0.25) is 10.1 Å². The lowest BCUT2D eigenvalue weighted by Crippen LogP contribution is -2.33. The number of hydrogen-bond acceptors (Lipinski definition) is 5. The Morgan fingerprint density at radius 2 is 2.00 bits per heavy atom. The maximum Gasteiger partial charge on any atom is 0.400 e. The number of pyridine rings is 1. The van der Waals surface area contributed by atoms with E-state index in [1.807, 2.05) is 20.8 Å². The topological polar surface area (TPSA) is 80.9 Å². The van der Waals surface area contributed by atoms with Crippen molar-refractivity contribution in [3.63, 3.8) is 0 Å². The van der Waals surface area contributed by atoms with Crippen LogP contribution in [-0.4, -0.2) is 27.3 Å². The van der Waals surface area contributed by atoms with E-state index in [1.165, 1.54) is 6.20 Å². The summed E-state index contributed by atoms with van der Waals surface area (Å²) in [6.07, 6.45) is 1.68. The van der Waals surface area contributed by atoms with Crippen molar-refractivity contribution in [1.29, 1.82) is 0 Å². The lowest BCUT2D eigenvalue weighted by molar-refractivity contribution is 0.0551. The monoisotopic (exact) mass is 378 g/mol. The molecule has 2 aromatic heterocycles. The fraction of sp³-hybridized carbons (Fsp3) is 0.500. The zero-order valence-corrected chi connectivity index (χ0v) is 15.3. The van der Waals surface area contributed by atoms with Crippen LogP contribution in [0.2, 0.25) is 0 Å². The largest absolute Gasteiger partial charge is 0.400 e. The minimum absolute atomic E-state index is 0.0446. The zero-order valence-electron chi connectivity index (χ0n) is 13.7. The number of hydrogen-bond donors (Lipinski definition) is 1. The average Bonchev–Trinajstić information content (AvgIpc) is 2.85. The molecule has 1 atom stereocenters. The Kier molecular flexibility index (Phi) is 5.14. The van der Waals surface area contributed by atoms with Crippen molar-refractivity contribution in [1.82, 2.24) is 20.2 Å². The van der Waals surface area contributed by atoms with Crippen LogP contribution in [0.5, 0.6) is 0 Å². The number of rotatable bonds is 5. The summed E-state index contributed by atoms with van der Waals surface area (Å²) in [5, 5.41) is 2.82. The molecular formula is C14H18ClF2N4O2P. The molecular weight excluding hydrogens is 361 g/mol. The summed E-state index contributed by atoms with van der Waals surface area (Å²) in [4.78, 5) is 7.72. The van der Waals surface area contributed by atoms with E-state index in [2.05, 4.69) is 24.7 Å². The Morgan fingerprint density at radius 1 is 1.33 bits per heavy atom. The van der Waals surface area contributed by atoms with Gasteiger partial charge >= 0.3 is 11.3 Å². The zero-order chi connectivity index (χ0) is 18.2. The standard InChI is InChI=1S/C14H18ClF2N4O2P/c1-13(2,3)21-24(4,22)8-10-6-5-9(7-18-10)11-19-12(23-20-11)14(15,16)17/h5-7H,8H2,1-4H3,(H,21,22). The van der Waals surface area contributed by atoms with E-state index in [4.69, 9.17) is 11.6 Å². The van der Waals surface area contributed by atoms with Gasteiger partial charge < -0.3 is 9.09 Å². The fourth-order valence-corrected chi connectivity index (χ4v) is 4.54. The lowest BCUT2D eigenvalue weighted by Gasteiger charge is -2.26. The van der Waals surface area contributed by atoms with E-state index >= 15 is 0 Å². The number of nitrogens with zero attached hydrogens (tertiary/aromatic N) is 3. The van der Waals surface area contributed by atoms with Crippen LogP contribution in [0.3, 0.4) is 0 Å². The molecule has 0 radical (unpaired) electrons. The molecule has 132 valence electrons. The molecule has 2 aromatic rings. The Bertz CT molecular complexity index is 753. The van der Waals surface area contributed by atoms with Crippen molar-refractivity contribution in [2.24, 2.45) is 0 Å². The predicted octanol–water partition coefficient (Wildman–Crippen LogP) is 4.22. The van der Waals surface area contributed by atoms with Gasteiger partial charge in [0.1, 0.15) is 0 Å². The second kappa shape index (κ2) is 6.50. The molecule has 0 aliphatic carbocycles. The highest BCUT2D eigenvalue weighted by molar-refractivity contribution is 7.60. The van der Waals surface area contributed by atoms with Crippen molar-refractivity contribution in [3.05, 3.63) is 29.9 Å². The summed E-state index contributed by atoms with van der Waals surface area (Å²) < 4.78 is 42.8. The van der Waals surface area contributed by atoms with Gasteiger partial charge in [-0.2, -0.15) is 13.8 Å². The summed E-state index contributed by atoms with van der Waals surface area (Å²) in [6.45, 7) is 7.45. The van der Waals surface area contributed by atoms with E-state index in [9.17, 15) is 13.3 Å². The summed E-state index contributed by atoms with van der Waals surface area (Å²) >= 11 is 4.83. The van der Waals surface area contributed by atoms with Crippen LogP contribution >= 0.6 is 18.9 Å². The smallest absolute Gasteiger partial charge is 0.331 e. The fourth-order valence-electron chi connectivity index (χ4n) is 2.16. The molecule has 0 bridgehead atoms. The number of halogens is 3. The van der Waals surface area contributed by atoms with E-state index in [1.54, 1.807) is 18.8 Å². The van der Waals surface area contributed by atoms with E-state index < -0.39 is 18.6 Å². The first-order chi connectivity index (χ1) is 10.9. The predicted molar refractivity (Wildman–Crippen MR) is 87.4 cm³/mol. The third-order valence-corrected chi connectivity index (χ3v) is 5.02. The first-order valence-corrected chi connectivity index (χ1v) is 9.80. The van der Waals surface area contributed by atoms with Gasteiger partial charge in [-0.05, 0) is 44.5 Å². The van der Waals surface area contributed by atoms with E-state index in [0.717, 1.165) is 0 Å². The minimum atomic E-state index is -3.72. The molecule has 0 aromatic carbocycles. The molecule has 6 nitrogen and oxygen atoms in total. The van der Waals surface area contributed by atoms with Crippen LogP contribution in [0.25, 0.3) is 11.4 Å². The molecule has 10 heteroatoms. The number of aromatic nitrogens is 3.